The number of hydrogen-bond donors (Lipinski definition) is 1. The molecule has 0 bridgehead atoms. The topological polar surface area (TPSA) is 26.0 Å². The summed E-state index contributed by atoms with van der Waals surface area (Å²) in [6, 6.07) is 6.87. The van der Waals surface area contributed by atoms with Crippen LogP contribution in [0.4, 0.5) is 4.39 Å². The van der Waals surface area contributed by atoms with E-state index in [9.17, 15) is 4.39 Å². The van der Waals surface area contributed by atoms with Crippen molar-refractivity contribution in [3.8, 4) is 0 Å². The molecule has 0 aliphatic carbocycles. The first-order chi connectivity index (χ1) is 7.22. The first-order valence-electron chi connectivity index (χ1n) is 5.72. The fourth-order valence-electron chi connectivity index (χ4n) is 1.73. The summed E-state index contributed by atoms with van der Waals surface area (Å²) in [6.07, 6.45) is 5.43. The first kappa shape index (κ1) is 12.2. The van der Waals surface area contributed by atoms with E-state index in [2.05, 4.69) is 6.92 Å². The van der Waals surface area contributed by atoms with Crippen molar-refractivity contribution >= 4 is 0 Å². The second-order valence-corrected chi connectivity index (χ2v) is 4.09. The Bertz CT molecular complexity index is 286. The average molecular weight is 209 g/mol. The van der Waals surface area contributed by atoms with Crippen molar-refractivity contribution in [1.29, 1.82) is 0 Å². The van der Waals surface area contributed by atoms with Crippen LogP contribution >= 0.6 is 0 Å². The molecule has 0 saturated carbocycles. The third-order valence-electron chi connectivity index (χ3n) is 2.57. The second kappa shape index (κ2) is 6.57. The lowest BCUT2D eigenvalue weighted by Gasteiger charge is -2.11. The van der Waals surface area contributed by atoms with E-state index in [0.717, 1.165) is 18.4 Å². The summed E-state index contributed by atoms with van der Waals surface area (Å²) in [5.41, 5.74) is 6.97. The summed E-state index contributed by atoms with van der Waals surface area (Å²) in [7, 11) is 0. The van der Waals surface area contributed by atoms with Crippen molar-refractivity contribution in [2.45, 2.75) is 45.1 Å². The smallest absolute Gasteiger partial charge is 0.123 e. The Hall–Kier alpha value is -0.890. The molecule has 0 spiro atoms. The van der Waals surface area contributed by atoms with Crippen LogP contribution < -0.4 is 5.73 Å². The minimum atomic E-state index is -0.173. The molecule has 1 unspecified atom stereocenters. The van der Waals surface area contributed by atoms with Crippen molar-refractivity contribution < 1.29 is 4.39 Å². The lowest BCUT2D eigenvalue weighted by molar-refractivity contribution is 0.554. The van der Waals surface area contributed by atoms with Crippen LogP contribution in [0.25, 0.3) is 0 Å². The largest absolute Gasteiger partial charge is 0.327 e. The third kappa shape index (κ3) is 4.93. The van der Waals surface area contributed by atoms with Gasteiger partial charge < -0.3 is 5.73 Å². The summed E-state index contributed by atoms with van der Waals surface area (Å²) >= 11 is 0. The van der Waals surface area contributed by atoms with Crippen molar-refractivity contribution in [1.82, 2.24) is 0 Å². The normalized spacial score (nSPS) is 12.7. The monoisotopic (exact) mass is 209 g/mol. The Morgan fingerprint density at radius 3 is 2.80 bits per heavy atom. The Balaban J connectivity index is 2.34. The standard InChI is InChI=1S/C13H20FN/c1-2-3-4-8-13(15)10-11-6-5-7-12(14)9-11/h5-7,9,13H,2-4,8,10,15H2,1H3. The zero-order chi connectivity index (χ0) is 11.1. The molecule has 0 amide bonds. The van der Waals surface area contributed by atoms with E-state index in [1.165, 1.54) is 25.3 Å². The quantitative estimate of drug-likeness (QED) is 0.715. The fourth-order valence-corrected chi connectivity index (χ4v) is 1.73. The van der Waals surface area contributed by atoms with Crippen LogP contribution in [-0.4, -0.2) is 6.04 Å². The maximum Gasteiger partial charge on any atom is 0.123 e. The Morgan fingerprint density at radius 1 is 1.33 bits per heavy atom. The predicted octanol–water partition coefficient (Wildman–Crippen LogP) is 3.28. The summed E-state index contributed by atoms with van der Waals surface area (Å²) in [5.74, 6) is -0.173. The van der Waals surface area contributed by atoms with Gasteiger partial charge >= 0.3 is 0 Å². The summed E-state index contributed by atoms with van der Waals surface area (Å²) in [5, 5.41) is 0. The van der Waals surface area contributed by atoms with Crippen LogP contribution in [0.3, 0.4) is 0 Å². The molecule has 0 heterocycles. The molecule has 0 aromatic heterocycles. The summed E-state index contributed by atoms with van der Waals surface area (Å²) < 4.78 is 12.9. The number of halogens is 1. The molecule has 1 aromatic rings. The highest BCUT2D eigenvalue weighted by Gasteiger charge is 2.04. The number of benzene rings is 1. The molecule has 0 saturated heterocycles. The van der Waals surface area contributed by atoms with E-state index in [0.29, 0.717) is 0 Å². The van der Waals surface area contributed by atoms with Gasteiger partial charge in [0.1, 0.15) is 5.82 Å². The van der Waals surface area contributed by atoms with Crippen LogP contribution in [0.15, 0.2) is 24.3 Å². The van der Waals surface area contributed by atoms with Crippen LogP contribution in [-0.2, 0) is 6.42 Å². The lowest BCUT2D eigenvalue weighted by Crippen LogP contribution is -2.22. The molecular formula is C13H20FN. The van der Waals surface area contributed by atoms with E-state index in [4.69, 9.17) is 5.73 Å². The molecule has 2 N–H and O–H groups in total. The lowest BCUT2D eigenvalue weighted by atomic mass is 10.0. The molecule has 0 radical (unpaired) electrons. The van der Waals surface area contributed by atoms with Gasteiger partial charge in [-0.1, -0.05) is 38.3 Å². The van der Waals surface area contributed by atoms with Crippen LogP contribution in [0, 0.1) is 5.82 Å². The molecule has 0 fully saturated rings. The van der Waals surface area contributed by atoms with Crippen molar-refractivity contribution in [2.24, 2.45) is 5.73 Å². The maximum absolute atomic E-state index is 12.9. The van der Waals surface area contributed by atoms with Gasteiger partial charge in [-0.25, -0.2) is 4.39 Å². The number of hydrogen-bond acceptors (Lipinski definition) is 1. The van der Waals surface area contributed by atoms with Crippen molar-refractivity contribution in [3.05, 3.63) is 35.6 Å². The minimum absolute atomic E-state index is 0.165. The number of unbranched alkanes of at least 4 members (excludes halogenated alkanes) is 2. The zero-order valence-corrected chi connectivity index (χ0v) is 9.38. The van der Waals surface area contributed by atoms with E-state index in [-0.39, 0.29) is 11.9 Å². The molecule has 15 heavy (non-hydrogen) atoms. The minimum Gasteiger partial charge on any atom is -0.327 e. The van der Waals surface area contributed by atoms with Crippen LogP contribution in [0.2, 0.25) is 0 Å². The van der Waals surface area contributed by atoms with Gasteiger partial charge in [0, 0.05) is 6.04 Å². The first-order valence-corrected chi connectivity index (χ1v) is 5.72. The molecule has 0 aliphatic heterocycles. The molecular weight excluding hydrogens is 189 g/mol. The molecule has 84 valence electrons. The average Bonchev–Trinajstić information content (AvgIpc) is 2.18. The maximum atomic E-state index is 12.9. The van der Waals surface area contributed by atoms with Gasteiger partial charge in [0.25, 0.3) is 0 Å². The van der Waals surface area contributed by atoms with Crippen LogP contribution in [0.1, 0.15) is 38.2 Å². The highest BCUT2D eigenvalue weighted by Crippen LogP contribution is 2.09. The third-order valence-corrected chi connectivity index (χ3v) is 2.57. The van der Waals surface area contributed by atoms with Gasteiger partial charge in [-0.05, 0) is 30.5 Å². The molecule has 1 rings (SSSR count). The fraction of sp³-hybridized carbons (Fsp3) is 0.538. The van der Waals surface area contributed by atoms with E-state index >= 15 is 0 Å². The predicted molar refractivity (Wildman–Crippen MR) is 62.2 cm³/mol. The summed E-state index contributed by atoms with van der Waals surface area (Å²) in [6.45, 7) is 2.18. The van der Waals surface area contributed by atoms with Gasteiger partial charge in [-0.15, -0.1) is 0 Å². The molecule has 2 heteroatoms. The van der Waals surface area contributed by atoms with Crippen molar-refractivity contribution in [2.75, 3.05) is 0 Å². The van der Waals surface area contributed by atoms with Crippen molar-refractivity contribution in [3.63, 3.8) is 0 Å². The van der Waals surface area contributed by atoms with E-state index < -0.39 is 0 Å². The Morgan fingerprint density at radius 2 is 2.13 bits per heavy atom. The van der Waals surface area contributed by atoms with Gasteiger partial charge in [-0.2, -0.15) is 0 Å². The zero-order valence-electron chi connectivity index (χ0n) is 9.38. The van der Waals surface area contributed by atoms with Gasteiger partial charge in [-0.3, -0.25) is 0 Å². The van der Waals surface area contributed by atoms with Crippen LogP contribution in [0.5, 0.6) is 0 Å². The highest BCUT2D eigenvalue weighted by molar-refractivity contribution is 5.17. The van der Waals surface area contributed by atoms with Gasteiger partial charge in [0.2, 0.25) is 0 Å². The van der Waals surface area contributed by atoms with Gasteiger partial charge in [0.05, 0.1) is 0 Å². The molecule has 1 aromatic carbocycles. The van der Waals surface area contributed by atoms with E-state index in [1.54, 1.807) is 12.1 Å². The molecule has 0 aliphatic rings. The summed E-state index contributed by atoms with van der Waals surface area (Å²) in [4.78, 5) is 0. The SMILES string of the molecule is CCCCCC(N)Cc1cccc(F)c1. The molecule has 1 atom stereocenters. The van der Waals surface area contributed by atoms with E-state index in [1.807, 2.05) is 6.07 Å². The second-order valence-electron chi connectivity index (χ2n) is 4.09. The number of rotatable bonds is 6. The highest BCUT2D eigenvalue weighted by atomic mass is 19.1. The Labute approximate surface area is 91.5 Å². The molecule has 1 nitrogen and oxygen atoms in total. The van der Waals surface area contributed by atoms with Gasteiger partial charge in [0.15, 0.2) is 0 Å². The Kier molecular flexibility index (Phi) is 5.33. The number of nitrogens with two attached hydrogens (primary N) is 1.